The van der Waals surface area contributed by atoms with Gasteiger partial charge in [-0.15, -0.1) is 0 Å². The van der Waals surface area contributed by atoms with Gasteiger partial charge in [0.2, 0.25) is 10.0 Å². The quantitative estimate of drug-likeness (QED) is 0.171. The fourth-order valence-corrected chi connectivity index (χ4v) is 3.97. The predicted molar refractivity (Wildman–Crippen MR) is 112 cm³/mol. The van der Waals surface area contributed by atoms with Crippen LogP contribution in [0.15, 0.2) is 40.2 Å². The zero-order chi connectivity index (χ0) is 23.6. The zero-order valence-electron chi connectivity index (χ0n) is 17.0. The van der Waals surface area contributed by atoms with Crippen molar-refractivity contribution in [2.24, 2.45) is 16.5 Å². The molecule has 0 spiro atoms. The number of aliphatic carboxylic acids is 1. The Hall–Kier alpha value is -3.63. The summed E-state index contributed by atoms with van der Waals surface area (Å²) in [5, 5.41) is 22.7. The van der Waals surface area contributed by atoms with Gasteiger partial charge >= 0.3 is 5.97 Å². The van der Waals surface area contributed by atoms with Crippen LogP contribution in [0, 0.1) is 10.8 Å². The van der Waals surface area contributed by atoms with Crippen LogP contribution in [-0.4, -0.2) is 52.3 Å². The van der Waals surface area contributed by atoms with E-state index in [1.807, 2.05) is 0 Å². The van der Waals surface area contributed by atoms with Crippen molar-refractivity contribution in [3.8, 4) is 11.5 Å². The van der Waals surface area contributed by atoms with Crippen LogP contribution in [0.5, 0.6) is 11.5 Å². The van der Waals surface area contributed by atoms with Crippen LogP contribution in [0.1, 0.15) is 12.8 Å². The number of ether oxygens (including phenoxy) is 2. The van der Waals surface area contributed by atoms with Crippen LogP contribution in [-0.2, 0) is 14.8 Å². The van der Waals surface area contributed by atoms with E-state index < -0.39 is 22.0 Å². The molecule has 13 heteroatoms. The van der Waals surface area contributed by atoms with E-state index in [-0.39, 0.29) is 23.8 Å². The molecule has 12 nitrogen and oxygen atoms in total. The molecule has 0 saturated heterocycles. The molecule has 6 N–H and O–H groups in total. The van der Waals surface area contributed by atoms with Gasteiger partial charge in [-0.2, -0.15) is 4.72 Å². The molecule has 0 fully saturated rings. The van der Waals surface area contributed by atoms with Crippen molar-refractivity contribution in [1.82, 2.24) is 4.72 Å². The predicted octanol–water partition coefficient (Wildman–Crippen LogP) is 0.672. The number of methoxy groups -OCH3 is 2. The van der Waals surface area contributed by atoms with Crippen LogP contribution in [0.25, 0.3) is 10.8 Å². The topological polar surface area (TPSA) is 214 Å². The molecular formula is C18H24N6O6S. The van der Waals surface area contributed by atoms with E-state index in [9.17, 15) is 18.3 Å². The van der Waals surface area contributed by atoms with Crippen molar-refractivity contribution in [1.29, 1.82) is 10.8 Å². The summed E-state index contributed by atoms with van der Waals surface area (Å²) >= 11 is 0. The molecule has 0 aliphatic rings. The molecule has 0 heterocycles. The summed E-state index contributed by atoms with van der Waals surface area (Å²) in [5.74, 6) is -0.433. The fraction of sp³-hybridized carbons (Fsp3) is 0.333. The first-order valence-corrected chi connectivity index (χ1v) is 10.3. The number of nitrogens with two attached hydrogens (primary N) is 2. The molecule has 2 aromatic carbocycles. The third kappa shape index (κ3) is 6.98. The zero-order valence-corrected chi connectivity index (χ0v) is 17.8. The minimum absolute atomic E-state index is 0.0317. The highest BCUT2D eigenvalue weighted by molar-refractivity contribution is 7.89. The Morgan fingerprint density at radius 1 is 1.13 bits per heavy atom. The number of aliphatic imine (C=N–C) groups is 1. The third-order valence-electron chi connectivity index (χ3n) is 4.17. The summed E-state index contributed by atoms with van der Waals surface area (Å²) in [5.41, 5.74) is 10.4. The van der Waals surface area contributed by atoms with Crippen LogP contribution in [0.2, 0.25) is 0 Å². The number of nitrogens with one attached hydrogen (secondary N) is 1. The van der Waals surface area contributed by atoms with Crippen LogP contribution < -0.4 is 25.7 Å². The SMILES string of the molecule is COc1cc2ccc(S(=O)(=O)N[C@@H](CCCN=C(N)N)C(=O)O)cc2cc1OC.N#N. The molecule has 0 bridgehead atoms. The lowest BCUT2D eigenvalue weighted by atomic mass is 10.1. The molecule has 0 saturated carbocycles. The summed E-state index contributed by atoms with van der Waals surface area (Å²) in [7, 11) is -1.09. The number of sulfonamides is 1. The van der Waals surface area contributed by atoms with Gasteiger partial charge in [0.1, 0.15) is 6.04 Å². The molecule has 0 aromatic heterocycles. The highest BCUT2D eigenvalue weighted by Gasteiger charge is 2.25. The lowest BCUT2D eigenvalue weighted by Gasteiger charge is -2.15. The number of benzene rings is 2. The summed E-state index contributed by atoms with van der Waals surface area (Å²) in [6.07, 6.45) is 0.329. The van der Waals surface area contributed by atoms with Crippen molar-refractivity contribution in [2.75, 3.05) is 20.8 Å². The Morgan fingerprint density at radius 3 is 2.23 bits per heavy atom. The maximum Gasteiger partial charge on any atom is 0.321 e. The molecular weight excluding hydrogens is 428 g/mol. The fourth-order valence-electron chi connectivity index (χ4n) is 2.71. The van der Waals surface area contributed by atoms with Gasteiger partial charge in [0.15, 0.2) is 17.5 Å². The van der Waals surface area contributed by atoms with Gasteiger partial charge in [-0.3, -0.25) is 9.79 Å². The van der Waals surface area contributed by atoms with E-state index in [1.54, 1.807) is 18.2 Å². The maximum absolute atomic E-state index is 12.7. The first-order valence-electron chi connectivity index (χ1n) is 8.84. The second-order valence-electron chi connectivity index (χ2n) is 6.18. The molecule has 0 aliphatic heterocycles. The lowest BCUT2D eigenvalue weighted by molar-refractivity contribution is -0.139. The number of carbonyl (C=O) groups is 1. The van der Waals surface area contributed by atoms with Gasteiger partial charge in [0, 0.05) is 17.3 Å². The Labute approximate surface area is 179 Å². The molecule has 0 amide bonds. The maximum atomic E-state index is 12.7. The molecule has 0 radical (unpaired) electrons. The lowest BCUT2D eigenvalue weighted by Crippen LogP contribution is -2.40. The van der Waals surface area contributed by atoms with E-state index in [1.165, 1.54) is 26.4 Å². The molecule has 2 aromatic rings. The Morgan fingerprint density at radius 2 is 1.71 bits per heavy atom. The second kappa shape index (κ2) is 11.5. The van der Waals surface area contributed by atoms with Gasteiger partial charge in [-0.1, -0.05) is 6.07 Å². The highest BCUT2D eigenvalue weighted by atomic mass is 32.2. The third-order valence-corrected chi connectivity index (χ3v) is 5.63. The average molecular weight is 452 g/mol. The van der Waals surface area contributed by atoms with Crippen molar-refractivity contribution in [2.45, 2.75) is 23.8 Å². The molecule has 0 aliphatic carbocycles. The van der Waals surface area contributed by atoms with Crippen molar-refractivity contribution < 1.29 is 27.8 Å². The summed E-state index contributed by atoms with van der Waals surface area (Å²) in [6.45, 7) is 0.200. The normalized spacial score (nSPS) is 11.6. The number of hydrogen-bond acceptors (Lipinski definition) is 8. The molecule has 168 valence electrons. The Balaban J connectivity index is 0.00000233. The number of nitrogens with zero attached hydrogens (tertiary/aromatic N) is 3. The Kier molecular flexibility index (Phi) is 9.45. The van der Waals surface area contributed by atoms with Crippen molar-refractivity contribution >= 4 is 32.7 Å². The van der Waals surface area contributed by atoms with Crippen molar-refractivity contribution in [3.05, 3.63) is 30.3 Å². The smallest absolute Gasteiger partial charge is 0.321 e. The number of fused-ring (bicyclic) bond motifs is 1. The first-order chi connectivity index (χ1) is 14.7. The van der Waals surface area contributed by atoms with Gasteiger partial charge < -0.3 is 26.0 Å². The number of carboxylic acid groups (broad SMARTS) is 1. The van der Waals surface area contributed by atoms with E-state index in [2.05, 4.69) is 9.71 Å². The van der Waals surface area contributed by atoms with E-state index >= 15 is 0 Å². The van der Waals surface area contributed by atoms with E-state index in [0.29, 0.717) is 23.3 Å². The molecule has 1 atom stereocenters. The Bertz CT molecular complexity index is 1070. The van der Waals surface area contributed by atoms with Gasteiger partial charge in [0.05, 0.1) is 19.1 Å². The van der Waals surface area contributed by atoms with Gasteiger partial charge in [0.25, 0.3) is 0 Å². The van der Waals surface area contributed by atoms with Crippen LogP contribution in [0.4, 0.5) is 0 Å². The van der Waals surface area contributed by atoms with Gasteiger partial charge in [-0.05, 0) is 47.9 Å². The number of rotatable bonds is 10. The number of hydrogen-bond donors (Lipinski definition) is 4. The molecule has 31 heavy (non-hydrogen) atoms. The average Bonchev–Trinajstić information content (AvgIpc) is 2.75. The molecule has 2 rings (SSSR count). The van der Waals surface area contributed by atoms with Crippen molar-refractivity contribution in [3.63, 3.8) is 0 Å². The minimum Gasteiger partial charge on any atom is -0.493 e. The van der Waals surface area contributed by atoms with Crippen LogP contribution >= 0.6 is 0 Å². The van der Waals surface area contributed by atoms with E-state index in [4.69, 9.17) is 31.7 Å². The number of guanidine groups is 1. The summed E-state index contributed by atoms with van der Waals surface area (Å²) < 4.78 is 38.1. The second-order valence-corrected chi connectivity index (χ2v) is 7.89. The standard InChI is InChI=1S/C18H24N4O6S.N2/c1-27-15-9-11-5-6-13(8-12(11)10-16(15)28-2)29(25,26)22-14(17(23)24)4-3-7-21-18(19)20;1-2/h5-6,8-10,14,22H,3-4,7H2,1-2H3,(H,23,24)(H4,19,20,21);/t14-;/m0./s1. The van der Waals surface area contributed by atoms with Crippen LogP contribution in [0.3, 0.4) is 0 Å². The summed E-state index contributed by atoms with van der Waals surface area (Å²) in [4.78, 5) is 15.2. The number of carboxylic acids is 1. The monoisotopic (exact) mass is 452 g/mol. The minimum atomic E-state index is -4.07. The molecule has 0 unspecified atom stereocenters. The largest absolute Gasteiger partial charge is 0.493 e. The summed E-state index contributed by atoms with van der Waals surface area (Å²) in [6, 6.07) is 6.52. The van der Waals surface area contributed by atoms with Gasteiger partial charge in [-0.25, -0.2) is 8.42 Å². The van der Waals surface area contributed by atoms with E-state index in [0.717, 1.165) is 5.39 Å². The first kappa shape index (κ1) is 25.4. The highest BCUT2D eigenvalue weighted by Crippen LogP contribution is 2.33.